The second-order valence-corrected chi connectivity index (χ2v) is 8.49. The van der Waals surface area contributed by atoms with E-state index in [1.807, 2.05) is 4.90 Å². The second-order valence-electron chi connectivity index (χ2n) is 8.49. The van der Waals surface area contributed by atoms with Crippen LogP contribution in [0, 0.1) is 0 Å². The molecule has 2 aromatic carbocycles. The van der Waals surface area contributed by atoms with Crippen molar-refractivity contribution < 1.29 is 14.7 Å². The standard InChI is InChI=1S/C27H30N2O3/c1-19(31)28-23(18-30)12-13-26(32)29-16-14-22(15-17-29)27-24-8-4-2-6-20(24)10-11-21-7-3-5-9-25(21)27/h2-11,23,30H,12-18H2,1H3,(H,28,31)/t23-/m0/s1. The van der Waals surface area contributed by atoms with E-state index in [9.17, 15) is 14.7 Å². The SMILES string of the molecule is CC(=O)N[C@H](CO)CCC(=O)N1CCC(=C2c3ccccc3C=Cc3ccccc32)CC1. The predicted octanol–water partition coefficient (Wildman–Crippen LogP) is 3.87. The van der Waals surface area contributed by atoms with Gasteiger partial charge >= 0.3 is 0 Å². The number of aliphatic hydroxyl groups is 1. The smallest absolute Gasteiger partial charge is 0.222 e. The van der Waals surface area contributed by atoms with Crippen molar-refractivity contribution in [3.63, 3.8) is 0 Å². The molecule has 1 fully saturated rings. The van der Waals surface area contributed by atoms with E-state index in [2.05, 4.69) is 66.0 Å². The summed E-state index contributed by atoms with van der Waals surface area (Å²) in [6.07, 6.45) is 6.84. The summed E-state index contributed by atoms with van der Waals surface area (Å²) in [6, 6.07) is 16.7. The van der Waals surface area contributed by atoms with Crippen molar-refractivity contribution in [3.8, 4) is 0 Å². The summed E-state index contributed by atoms with van der Waals surface area (Å²) in [5, 5.41) is 12.1. The van der Waals surface area contributed by atoms with Crippen LogP contribution in [0.5, 0.6) is 0 Å². The molecule has 1 saturated heterocycles. The van der Waals surface area contributed by atoms with Crippen molar-refractivity contribution in [3.05, 3.63) is 76.4 Å². The summed E-state index contributed by atoms with van der Waals surface area (Å²) in [7, 11) is 0. The van der Waals surface area contributed by atoms with Gasteiger partial charge in [0.15, 0.2) is 0 Å². The lowest BCUT2D eigenvalue weighted by Crippen LogP contribution is -2.40. The van der Waals surface area contributed by atoms with E-state index in [4.69, 9.17) is 0 Å². The number of piperidine rings is 1. The molecule has 2 aliphatic rings. The van der Waals surface area contributed by atoms with Crippen molar-refractivity contribution >= 4 is 29.5 Å². The molecule has 0 unspecified atom stereocenters. The molecule has 2 amide bonds. The monoisotopic (exact) mass is 430 g/mol. The number of carbonyl (C=O) groups excluding carboxylic acids is 2. The number of carbonyl (C=O) groups is 2. The van der Waals surface area contributed by atoms with Gasteiger partial charge < -0.3 is 15.3 Å². The molecular weight excluding hydrogens is 400 g/mol. The van der Waals surface area contributed by atoms with E-state index in [1.54, 1.807) is 0 Å². The van der Waals surface area contributed by atoms with Crippen LogP contribution in [0.3, 0.4) is 0 Å². The molecule has 0 bridgehead atoms. The number of benzene rings is 2. The molecule has 4 rings (SSSR count). The molecule has 0 saturated carbocycles. The number of fused-ring (bicyclic) bond motifs is 2. The first-order valence-corrected chi connectivity index (χ1v) is 11.3. The highest BCUT2D eigenvalue weighted by molar-refractivity contribution is 5.95. The molecule has 2 N–H and O–H groups in total. The summed E-state index contributed by atoms with van der Waals surface area (Å²) in [4.78, 5) is 25.9. The summed E-state index contributed by atoms with van der Waals surface area (Å²) >= 11 is 0. The third kappa shape index (κ3) is 4.83. The lowest BCUT2D eigenvalue weighted by Gasteiger charge is -2.31. The molecule has 0 aromatic heterocycles. The number of nitrogens with zero attached hydrogens (tertiary/aromatic N) is 1. The second kappa shape index (κ2) is 9.96. The maximum absolute atomic E-state index is 12.7. The van der Waals surface area contributed by atoms with Crippen molar-refractivity contribution in [2.75, 3.05) is 19.7 Å². The van der Waals surface area contributed by atoms with E-state index in [1.165, 1.54) is 40.3 Å². The summed E-state index contributed by atoms with van der Waals surface area (Å²) in [5.41, 5.74) is 7.65. The highest BCUT2D eigenvalue weighted by atomic mass is 16.3. The van der Waals surface area contributed by atoms with Gasteiger partial charge in [-0.25, -0.2) is 0 Å². The van der Waals surface area contributed by atoms with Crippen LogP contribution in [0.2, 0.25) is 0 Å². The van der Waals surface area contributed by atoms with Gasteiger partial charge in [0.1, 0.15) is 0 Å². The van der Waals surface area contributed by atoms with E-state index in [0.717, 1.165) is 12.8 Å². The fraction of sp³-hybridized carbons (Fsp3) is 0.333. The van der Waals surface area contributed by atoms with Gasteiger partial charge in [0, 0.05) is 26.4 Å². The van der Waals surface area contributed by atoms with Crippen LogP contribution < -0.4 is 5.32 Å². The number of nitrogens with one attached hydrogen (secondary N) is 1. The first-order chi connectivity index (χ1) is 15.6. The average molecular weight is 431 g/mol. The Kier molecular flexibility index (Phi) is 6.86. The van der Waals surface area contributed by atoms with Crippen LogP contribution in [0.15, 0.2) is 54.1 Å². The quantitative estimate of drug-likeness (QED) is 0.646. The Labute approximate surface area is 189 Å². The van der Waals surface area contributed by atoms with Crippen molar-refractivity contribution in [2.24, 2.45) is 0 Å². The normalized spacial score (nSPS) is 16.1. The lowest BCUT2D eigenvalue weighted by molar-refractivity contribution is -0.132. The molecule has 1 aliphatic carbocycles. The van der Waals surface area contributed by atoms with Gasteiger partial charge in [0.2, 0.25) is 11.8 Å². The summed E-state index contributed by atoms with van der Waals surface area (Å²) < 4.78 is 0. The Hall–Kier alpha value is -3.18. The molecule has 32 heavy (non-hydrogen) atoms. The Bertz CT molecular complexity index is 1010. The number of likely N-dealkylation sites (tertiary alicyclic amines) is 1. The lowest BCUT2D eigenvalue weighted by atomic mass is 9.86. The maximum atomic E-state index is 12.7. The Morgan fingerprint density at radius 1 is 0.969 bits per heavy atom. The highest BCUT2D eigenvalue weighted by Gasteiger charge is 2.25. The van der Waals surface area contributed by atoms with Crippen molar-refractivity contribution in [1.29, 1.82) is 0 Å². The van der Waals surface area contributed by atoms with E-state index >= 15 is 0 Å². The molecule has 1 atom stereocenters. The van der Waals surface area contributed by atoms with Gasteiger partial charge in [0.25, 0.3) is 0 Å². The minimum atomic E-state index is -0.370. The first kappa shape index (κ1) is 22.0. The minimum absolute atomic E-state index is 0.0844. The Morgan fingerprint density at radius 3 is 2.06 bits per heavy atom. The van der Waals surface area contributed by atoms with Gasteiger partial charge in [-0.05, 0) is 47.1 Å². The molecular formula is C27H30N2O3. The fourth-order valence-electron chi connectivity index (χ4n) is 4.67. The average Bonchev–Trinajstić information content (AvgIpc) is 2.98. The molecule has 0 radical (unpaired) electrons. The minimum Gasteiger partial charge on any atom is -0.394 e. The Morgan fingerprint density at radius 2 is 1.53 bits per heavy atom. The summed E-state index contributed by atoms with van der Waals surface area (Å²) in [5.74, 6) is -0.106. The molecule has 166 valence electrons. The van der Waals surface area contributed by atoms with E-state index in [-0.39, 0.29) is 24.5 Å². The van der Waals surface area contributed by atoms with Crippen molar-refractivity contribution in [1.82, 2.24) is 10.2 Å². The molecule has 0 spiro atoms. The van der Waals surface area contributed by atoms with Crippen LogP contribution in [0.1, 0.15) is 54.9 Å². The maximum Gasteiger partial charge on any atom is 0.222 e. The van der Waals surface area contributed by atoms with Gasteiger partial charge in [-0.2, -0.15) is 0 Å². The summed E-state index contributed by atoms with van der Waals surface area (Å²) in [6.45, 7) is 2.65. The number of hydrogen-bond acceptors (Lipinski definition) is 3. The molecule has 2 aromatic rings. The highest BCUT2D eigenvalue weighted by Crippen LogP contribution is 2.38. The topological polar surface area (TPSA) is 69.6 Å². The predicted molar refractivity (Wildman–Crippen MR) is 128 cm³/mol. The molecule has 1 aliphatic heterocycles. The number of amides is 2. The molecule has 5 heteroatoms. The molecule has 1 heterocycles. The van der Waals surface area contributed by atoms with E-state index in [0.29, 0.717) is 25.9 Å². The van der Waals surface area contributed by atoms with Gasteiger partial charge in [-0.1, -0.05) is 66.3 Å². The van der Waals surface area contributed by atoms with Crippen molar-refractivity contribution in [2.45, 2.75) is 38.6 Å². The van der Waals surface area contributed by atoms with Crippen LogP contribution >= 0.6 is 0 Å². The van der Waals surface area contributed by atoms with Gasteiger partial charge in [-0.15, -0.1) is 0 Å². The number of aliphatic hydroxyl groups excluding tert-OH is 1. The van der Waals surface area contributed by atoms with Gasteiger partial charge in [-0.3, -0.25) is 9.59 Å². The van der Waals surface area contributed by atoms with E-state index < -0.39 is 0 Å². The largest absolute Gasteiger partial charge is 0.394 e. The zero-order valence-electron chi connectivity index (χ0n) is 18.5. The number of rotatable bonds is 5. The number of hydrogen-bond donors (Lipinski definition) is 2. The zero-order valence-corrected chi connectivity index (χ0v) is 18.5. The fourth-order valence-corrected chi connectivity index (χ4v) is 4.67. The van der Waals surface area contributed by atoms with Crippen LogP contribution in [-0.4, -0.2) is 47.6 Å². The zero-order chi connectivity index (χ0) is 22.5. The molecule has 5 nitrogen and oxygen atoms in total. The van der Waals surface area contributed by atoms with Crippen LogP contribution in [0.25, 0.3) is 17.7 Å². The first-order valence-electron chi connectivity index (χ1n) is 11.3. The third-order valence-corrected chi connectivity index (χ3v) is 6.31. The van der Waals surface area contributed by atoms with Crippen LogP contribution in [0.4, 0.5) is 0 Å². The Balaban J connectivity index is 1.51. The van der Waals surface area contributed by atoms with Crippen LogP contribution in [-0.2, 0) is 9.59 Å². The third-order valence-electron chi connectivity index (χ3n) is 6.31. The van der Waals surface area contributed by atoms with Gasteiger partial charge in [0.05, 0.1) is 12.6 Å².